The monoisotopic (exact) mass is 277 g/mol. The van der Waals surface area contributed by atoms with Crippen molar-refractivity contribution in [3.8, 4) is 0 Å². The summed E-state index contributed by atoms with van der Waals surface area (Å²) in [6.07, 6.45) is 2.66. The first kappa shape index (κ1) is 12.7. The summed E-state index contributed by atoms with van der Waals surface area (Å²) >= 11 is 1.63. The minimum Gasteiger partial charge on any atom is -0.395 e. The van der Waals surface area contributed by atoms with Crippen LogP contribution in [0.1, 0.15) is 19.8 Å². The Balaban J connectivity index is 1.89. The number of likely N-dealkylation sites (N-methyl/N-ethyl adjacent to an activating group) is 1. The van der Waals surface area contributed by atoms with Gasteiger partial charge in [0.15, 0.2) is 0 Å². The highest BCUT2D eigenvalue weighted by atomic mass is 32.1. The molecule has 4 nitrogen and oxygen atoms in total. The number of thiazole rings is 1. The molecule has 0 amide bonds. The van der Waals surface area contributed by atoms with Gasteiger partial charge >= 0.3 is 0 Å². The lowest BCUT2D eigenvalue weighted by atomic mass is 10.2. The fraction of sp³-hybridized carbons (Fsp3) is 0.500. The van der Waals surface area contributed by atoms with Gasteiger partial charge in [0, 0.05) is 19.7 Å². The molecule has 1 unspecified atom stereocenters. The molecule has 1 aliphatic rings. The Bertz CT molecular complexity index is 563. The third-order valence-electron chi connectivity index (χ3n) is 3.69. The van der Waals surface area contributed by atoms with Gasteiger partial charge in [-0.2, -0.15) is 0 Å². The first-order valence-corrected chi connectivity index (χ1v) is 7.65. The topological polar surface area (TPSA) is 51.4 Å². The average molecular weight is 277 g/mol. The maximum Gasteiger partial charge on any atom is 0.106 e. The van der Waals surface area contributed by atoms with Crippen LogP contribution in [0.3, 0.4) is 0 Å². The zero-order chi connectivity index (χ0) is 13.2. The third kappa shape index (κ3) is 2.40. The number of ether oxygens (including phenoxy) is 1. The van der Waals surface area contributed by atoms with E-state index in [0.717, 1.165) is 47.7 Å². The van der Waals surface area contributed by atoms with Crippen molar-refractivity contribution in [1.29, 1.82) is 0 Å². The van der Waals surface area contributed by atoms with Gasteiger partial charge in [-0.3, -0.25) is 0 Å². The Hall–Kier alpha value is -1.33. The number of hydrogen-bond donors (Lipinski definition) is 1. The van der Waals surface area contributed by atoms with Gasteiger partial charge in [0.25, 0.3) is 0 Å². The van der Waals surface area contributed by atoms with Crippen molar-refractivity contribution in [3.05, 3.63) is 17.6 Å². The predicted octanol–water partition coefficient (Wildman–Crippen LogP) is 2.88. The number of nitrogens with two attached hydrogens (primary N) is 1. The van der Waals surface area contributed by atoms with E-state index in [4.69, 9.17) is 10.5 Å². The zero-order valence-corrected chi connectivity index (χ0v) is 11.9. The van der Waals surface area contributed by atoms with Gasteiger partial charge in [0.2, 0.25) is 0 Å². The van der Waals surface area contributed by atoms with E-state index in [1.807, 2.05) is 5.51 Å². The molecule has 3 rings (SSSR count). The molecule has 0 bridgehead atoms. The molecule has 0 spiro atoms. The van der Waals surface area contributed by atoms with Gasteiger partial charge in [-0.05, 0) is 31.9 Å². The van der Waals surface area contributed by atoms with E-state index in [9.17, 15) is 0 Å². The quantitative estimate of drug-likeness (QED) is 0.873. The zero-order valence-electron chi connectivity index (χ0n) is 11.1. The minimum atomic E-state index is 0.338. The molecule has 0 saturated carbocycles. The minimum absolute atomic E-state index is 0.338. The molecule has 1 aliphatic heterocycles. The normalized spacial score (nSPS) is 19.1. The average Bonchev–Trinajstić information content (AvgIpc) is 3.08. The van der Waals surface area contributed by atoms with Crippen LogP contribution in [0.4, 0.5) is 11.4 Å². The van der Waals surface area contributed by atoms with E-state index in [1.54, 1.807) is 11.3 Å². The molecule has 2 aromatic rings. The number of nitrogens with zero attached hydrogens (tertiary/aromatic N) is 2. The molecule has 5 heteroatoms. The second-order valence-electron chi connectivity index (χ2n) is 4.87. The summed E-state index contributed by atoms with van der Waals surface area (Å²) in [7, 11) is 0. The maximum atomic E-state index is 6.28. The Morgan fingerprint density at radius 2 is 2.42 bits per heavy atom. The van der Waals surface area contributed by atoms with Crippen molar-refractivity contribution in [2.75, 3.05) is 30.3 Å². The van der Waals surface area contributed by atoms with E-state index in [1.165, 1.54) is 6.42 Å². The van der Waals surface area contributed by atoms with Crippen LogP contribution in [0.5, 0.6) is 0 Å². The number of anilines is 2. The number of aromatic nitrogens is 1. The molecule has 2 heterocycles. The largest absolute Gasteiger partial charge is 0.395 e. The van der Waals surface area contributed by atoms with Gasteiger partial charge in [-0.15, -0.1) is 11.3 Å². The summed E-state index contributed by atoms with van der Waals surface area (Å²) in [5.41, 5.74) is 10.9. The molecular weight excluding hydrogens is 258 g/mol. The van der Waals surface area contributed by atoms with Crippen LogP contribution in [0, 0.1) is 0 Å². The van der Waals surface area contributed by atoms with Gasteiger partial charge < -0.3 is 15.4 Å². The summed E-state index contributed by atoms with van der Waals surface area (Å²) < 4.78 is 6.87. The molecule has 0 radical (unpaired) electrons. The summed E-state index contributed by atoms with van der Waals surface area (Å²) in [6, 6.07) is 4.21. The Morgan fingerprint density at radius 3 is 3.16 bits per heavy atom. The number of benzene rings is 1. The smallest absolute Gasteiger partial charge is 0.106 e. The molecule has 2 N–H and O–H groups in total. The highest BCUT2D eigenvalue weighted by molar-refractivity contribution is 7.16. The van der Waals surface area contributed by atoms with E-state index in [-0.39, 0.29) is 0 Å². The number of rotatable bonds is 4. The molecule has 1 saturated heterocycles. The van der Waals surface area contributed by atoms with Crippen molar-refractivity contribution in [3.63, 3.8) is 0 Å². The van der Waals surface area contributed by atoms with Crippen molar-refractivity contribution >= 4 is 32.9 Å². The maximum absolute atomic E-state index is 6.28. The summed E-state index contributed by atoms with van der Waals surface area (Å²) in [4.78, 5) is 6.66. The Labute approximate surface area is 117 Å². The fourth-order valence-electron chi connectivity index (χ4n) is 2.65. The molecule has 0 aliphatic carbocycles. The number of fused-ring (bicyclic) bond motifs is 1. The molecule has 1 atom stereocenters. The number of hydrogen-bond acceptors (Lipinski definition) is 5. The molecule has 19 heavy (non-hydrogen) atoms. The predicted molar refractivity (Wildman–Crippen MR) is 80.9 cm³/mol. The van der Waals surface area contributed by atoms with E-state index in [0.29, 0.717) is 6.10 Å². The highest BCUT2D eigenvalue weighted by Crippen LogP contribution is 2.33. The fourth-order valence-corrected chi connectivity index (χ4v) is 3.34. The van der Waals surface area contributed by atoms with E-state index < -0.39 is 0 Å². The van der Waals surface area contributed by atoms with Crippen molar-refractivity contribution in [1.82, 2.24) is 4.98 Å². The molecule has 1 aromatic heterocycles. The lowest BCUT2D eigenvalue weighted by Gasteiger charge is -2.27. The lowest BCUT2D eigenvalue weighted by Crippen LogP contribution is -2.32. The van der Waals surface area contributed by atoms with Gasteiger partial charge in [0.05, 0.1) is 27.7 Å². The van der Waals surface area contributed by atoms with Crippen LogP contribution < -0.4 is 10.6 Å². The van der Waals surface area contributed by atoms with E-state index >= 15 is 0 Å². The standard InChI is InChI=1S/C14H19N3OS/c1-2-17(8-10-4-3-7-18-10)11-5-6-12-14(13(11)15)16-9-19-12/h5-6,9-10H,2-4,7-8,15H2,1H3. The van der Waals surface area contributed by atoms with Crippen LogP contribution in [0.25, 0.3) is 10.2 Å². The van der Waals surface area contributed by atoms with Gasteiger partial charge in [0.1, 0.15) is 5.52 Å². The third-order valence-corrected chi connectivity index (χ3v) is 4.48. The SMILES string of the molecule is CCN(CC1CCCO1)c1ccc2scnc2c1N. The van der Waals surface area contributed by atoms with Crippen LogP contribution in [0.15, 0.2) is 17.6 Å². The number of nitrogen functional groups attached to an aromatic ring is 1. The molecule has 1 fully saturated rings. The van der Waals surface area contributed by atoms with Gasteiger partial charge in [-0.1, -0.05) is 0 Å². The molecular formula is C14H19N3OS. The summed E-state index contributed by atoms with van der Waals surface area (Å²) in [6.45, 7) is 4.89. The second-order valence-corrected chi connectivity index (χ2v) is 5.76. The van der Waals surface area contributed by atoms with E-state index in [2.05, 4.69) is 28.9 Å². The first-order chi connectivity index (χ1) is 9.29. The lowest BCUT2D eigenvalue weighted by molar-refractivity contribution is 0.116. The summed E-state index contributed by atoms with van der Waals surface area (Å²) in [5, 5.41) is 0. The Kier molecular flexibility index (Phi) is 3.57. The van der Waals surface area contributed by atoms with Crippen molar-refractivity contribution < 1.29 is 4.74 Å². The molecule has 102 valence electrons. The molecule has 1 aromatic carbocycles. The van der Waals surface area contributed by atoms with Gasteiger partial charge in [-0.25, -0.2) is 4.98 Å². The second kappa shape index (κ2) is 5.35. The highest BCUT2D eigenvalue weighted by Gasteiger charge is 2.20. The summed E-state index contributed by atoms with van der Waals surface area (Å²) in [5.74, 6) is 0. The van der Waals surface area contributed by atoms with Crippen molar-refractivity contribution in [2.24, 2.45) is 0 Å². The first-order valence-electron chi connectivity index (χ1n) is 6.78. The van der Waals surface area contributed by atoms with Crippen LogP contribution >= 0.6 is 11.3 Å². The van der Waals surface area contributed by atoms with Crippen LogP contribution in [-0.2, 0) is 4.74 Å². The van der Waals surface area contributed by atoms with Crippen molar-refractivity contribution in [2.45, 2.75) is 25.9 Å². The Morgan fingerprint density at radius 1 is 1.53 bits per heavy atom. The van der Waals surface area contributed by atoms with Crippen LogP contribution in [0.2, 0.25) is 0 Å². The van der Waals surface area contributed by atoms with Crippen LogP contribution in [-0.4, -0.2) is 30.8 Å².